The Hall–Kier alpha value is -4.79. The van der Waals surface area contributed by atoms with Crippen LogP contribution in [-0.2, 0) is 0 Å². The van der Waals surface area contributed by atoms with Crippen molar-refractivity contribution in [2.75, 3.05) is 26.1 Å². The van der Waals surface area contributed by atoms with Crippen LogP contribution in [-0.4, -0.2) is 44.3 Å². The van der Waals surface area contributed by atoms with Crippen molar-refractivity contribution in [3.63, 3.8) is 0 Å². The van der Waals surface area contributed by atoms with Crippen LogP contribution in [0.5, 0.6) is 11.5 Å². The van der Waals surface area contributed by atoms with Crippen LogP contribution in [0.2, 0.25) is 10.0 Å². The number of methoxy groups -OCH3 is 1. The van der Waals surface area contributed by atoms with Gasteiger partial charge in [0.25, 0.3) is 5.91 Å². The number of hydrogen-bond acceptors (Lipinski definition) is 6. The fraction of sp³-hybridized carbons (Fsp3) is 0.0938. The summed E-state index contributed by atoms with van der Waals surface area (Å²) in [6, 6.07) is 24.8. The van der Waals surface area contributed by atoms with E-state index in [0.717, 1.165) is 22.2 Å². The molecule has 5 aromatic rings. The zero-order valence-corrected chi connectivity index (χ0v) is 24.5. The number of H-pyrrole nitrogens is 1. The molecule has 0 aliphatic carbocycles. The zero-order valence-electron chi connectivity index (χ0n) is 22.9. The second-order valence-corrected chi connectivity index (χ2v) is 10.3. The Kier molecular flexibility index (Phi) is 8.47. The summed E-state index contributed by atoms with van der Waals surface area (Å²) in [5.74, 6) is -0.541. The van der Waals surface area contributed by atoms with Crippen LogP contribution >= 0.6 is 23.2 Å². The monoisotopic (exact) mass is 600 g/mol. The van der Waals surface area contributed by atoms with Gasteiger partial charge in [-0.2, -0.15) is 5.10 Å². The lowest BCUT2D eigenvalue weighted by molar-refractivity contribution is 0.0729. The molecule has 1 amide bonds. The van der Waals surface area contributed by atoms with Gasteiger partial charge in [-0.05, 0) is 60.2 Å². The van der Waals surface area contributed by atoms with Gasteiger partial charge in [0.2, 0.25) is 0 Å². The molecule has 1 aromatic heterocycles. The van der Waals surface area contributed by atoms with Crippen molar-refractivity contribution in [3.05, 3.63) is 112 Å². The number of amides is 1. The number of carbonyl (C=O) groups is 2. The molecule has 10 heteroatoms. The highest BCUT2D eigenvalue weighted by Crippen LogP contribution is 2.38. The predicted molar refractivity (Wildman–Crippen MR) is 168 cm³/mol. The van der Waals surface area contributed by atoms with E-state index in [1.807, 2.05) is 55.4 Å². The average molecular weight is 601 g/mol. The normalized spacial score (nSPS) is 11.1. The Morgan fingerprint density at radius 2 is 1.64 bits per heavy atom. The molecule has 1 heterocycles. The summed E-state index contributed by atoms with van der Waals surface area (Å²) in [7, 11) is 5.37. The number of nitrogens with one attached hydrogen (secondary N) is 2. The molecule has 0 fully saturated rings. The predicted octanol–water partition coefficient (Wildman–Crippen LogP) is 7.20. The maximum Gasteiger partial charge on any atom is 0.345 e. The van der Waals surface area contributed by atoms with Crippen LogP contribution in [0.4, 0.5) is 5.69 Å². The summed E-state index contributed by atoms with van der Waals surface area (Å²) in [6.45, 7) is 0. The van der Waals surface area contributed by atoms with Gasteiger partial charge in [0, 0.05) is 46.8 Å². The van der Waals surface area contributed by atoms with Crippen LogP contribution in [0.3, 0.4) is 0 Å². The molecule has 8 nitrogen and oxygen atoms in total. The van der Waals surface area contributed by atoms with E-state index in [-0.39, 0.29) is 16.3 Å². The molecule has 0 spiro atoms. The van der Waals surface area contributed by atoms with Gasteiger partial charge in [-0.1, -0.05) is 53.5 Å². The molecule has 0 saturated heterocycles. The average Bonchev–Trinajstić information content (AvgIpc) is 3.37. The second kappa shape index (κ2) is 12.4. The Bertz CT molecular complexity index is 1830. The lowest BCUT2D eigenvalue weighted by atomic mass is 10.0. The summed E-state index contributed by atoms with van der Waals surface area (Å²) < 4.78 is 10.9. The van der Waals surface area contributed by atoms with E-state index in [1.54, 1.807) is 48.5 Å². The van der Waals surface area contributed by atoms with Crippen LogP contribution in [0.15, 0.2) is 90.0 Å². The van der Waals surface area contributed by atoms with Gasteiger partial charge in [0.15, 0.2) is 11.5 Å². The fourth-order valence-corrected chi connectivity index (χ4v) is 4.87. The zero-order chi connectivity index (χ0) is 29.8. The van der Waals surface area contributed by atoms with E-state index in [0.29, 0.717) is 27.6 Å². The number of hydrazone groups is 1. The number of fused-ring (bicyclic) bond motifs is 1. The van der Waals surface area contributed by atoms with Crippen LogP contribution < -0.4 is 19.8 Å². The number of rotatable bonds is 8. The molecule has 0 saturated carbocycles. The molecule has 212 valence electrons. The van der Waals surface area contributed by atoms with Gasteiger partial charge >= 0.3 is 5.97 Å². The molecular formula is C32H26Cl2N4O4. The minimum absolute atomic E-state index is 0.211. The SMILES string of the molecule is COc1cc(C=NNC(=O)c2[nH]c3ccc(N(C)C)cc3c2-c2ccccc2Cl)ccc1OC(=O)c1ccccc1Cl. The number of hydrogen-bond donors (Lipinski definition) is 2. The van der Waals surface area contributed by atoms with Gasteiger partial charge in [-0.25, -0.2) is 10.2 Å². The lowest BCUT2D eigenvalue weighted by Crippen LogP contribution is -2.19. The van der Waals surface area contributed by atoms with E-state index in [1.165, 1.54) is 13.3 Å². The molecule has 0 unspecified atom stereocenters. The van der Waals surface area contributed by atoms with Crippen molar-refractivity contribution < 1.29 is 19.1 Å². The third-order valence-electron chi connectivity index (χ3n) is 6.53. The molecule has 4 aromatic carbocycles. The summed E-state index contributed by atoms with van der Waals surface area (Å²) in [5.41, 5.74) is 6.93. The quantitative estimate of drug-likeness (QED) is 0.0849. The number of ether oxygens (including phenoxy) is 2. The molecule has 0 radical (unpaired) electrons. The molecule has 0 aliphatic rings. The van der Waals surface area contributed by atoms with Crippen molar-refractivity contribution in [3.8, 4) is 22.6 Å². The van der Waals surface area contributed by atoms with Gasteiger partial charge in [-0.15, -0.1) is 0 Å². The fourth-order valence-electron chi connectivity index (χ4n) is 4.42. The molecule has 0 bridgehead atoms. The lowest BCUT2D eigenvalue weighted by Gasteiger charge is -2.13. The summed E-state index contributed by atoms with van der Waals surface area (Å²) >= 11 is 12.7. The topological polar surface area (TPSA) is 96.0 Å². The minimum atomic E-state index is -0.613. The molecule has 42 heavy (non-hydrogen) atoms. The van der Waals surface area contributed by atoms with Crippen molar-refractivity contribution in [1.29, 1.82) is 0 Å². The number of carbonyl (C=O) groups excluding carboxylic acids is 2. The number of aromatic amines is 1. The van der Waals surface area contributed by atoms with Crippen LogP contribution in [0.25, 0.3) is 22.0 Å². The van der Waals surface area contributed by atoms with Gasteiger partial charge < -0.3 is 19.4 Å². The minimum Gasteiger partial charge on any atom is -0.493 e. The molecule has 0 atom stereocenters. The maximum atomic E-state index is 13.4. The van der Waals surface area contributed by atoms with Gasteiger partial charge in [0.1, 0.15) is 5.69 Å². The van der Waals surface area contributed by atoms with Gasteiger partial charge in [-0.3, -0.25) is 4.79 Å². The number of aromatic nitrogens is 1. The highest BCUT2D eigenvalue weighted by molar-refractivity contribution is 6.34. The standard InChI is InChI=1S/C32H26Cl2N4O4/c1-38(2)20-13-14-26-23(17-20)29(21-8-4-6-10-24(21)33)30(36-26)31(39)37-35-18-19-12-15-27(28(16-19)41-3)42-32(40)22-9-5-7-11-25(22)34/h4-18,36H,1-3H3,(H,37,39). The molecule has 0 aliphatic heterocycles. The largest absolute Gasteiger partial charge is 0.493 e. The molecule has 2 N–H and O–H groups in total. The third-order valence-corrected chi connectivity index (χ3v) is 7.19. The Balaban J connectivity index is 1.39. The summed E-state index contributed by atoms with van der Waals surface area (Å²) in [5, 5.41) is 5.81. The second-order valence-electron chi connectivity index (χ2n) is 9.46. The van der Waals surface area contributed by atoms with Gasteiger partial charge in [0.05, 0.1) is 23.9 Å². The van der Waals surface area contributed by atoms with Crippen molar-refractivity contribution in [1.82, 2.24) is 10.4 Å². The van der Waals surface area contributed by atoms with E-state index >= 15 is 0 Å². The Morgan fingerprint density at radius 1 is 0.905 bits per heavy atom. The molecule has 5 rings (SSSR count). The van der Waals surface area contributed by atoms with E-state index in [9.17, 15) is 9.59 Å². The van der Waals surface area contributed by atoms with Crippen molar-refractivity contribution >= 4 is 57.9 Å². The van der Waals surface area contributed by atoms with Crippen molar-refractivity contribution in [2.45, 2.75) is 0 Å². The van der Waals surface area contributed by atoms with Crippen LogP contribution in [0, 0.1) is 0 Å². The highest BCUT2D eigenvalue weighted by atomic mass is 35.5. The highest BCUT2D eigenvalue weighted by Gasteiger charge is 2.21. The number of nitrogens with zero attached hydrogens (tertiary/aromatic N) is 2. The first-order valence-electron chi connectivity index (χ1n) is 12.8. The van der Waals surface area contributed by atoms with E-state index < -0.39 is 11.9 Å². The number of anilines is 1. The first-order chi connectivity index (χ1) is 20.3. The Labute approximate surface area is 252 Å². The number of halogens is 2. The third kappa shape index (κ3) is 5.95. The Morgan fingerprint density at radius 3 is 2.36 bits per heavy atom. The van der Waals surface area contributed by atoms with E-state index in [4.69, 9.17) is 32.7 Å². The first-order valence-corrected chi connectivity index (χ1v) is 13.6. The first kappa shape index (κ1) is 28.7. The number of benzene rings is 4. The maximum absolute atomic E-state index is 13.4. The summed E-state index contributed by atoms with van der Waals surface area (Å²) in [4.78, 5) is 31.2. The molecular weight excluding hydrogens is 575 g/mol. The summed E-state index contributed by atoms with van der Waals surface area (Å²) in [6.07, 6.45) is 1.46. The number of esters is 1. The van der Waals surface area contributed by atoms with E-state index in [2.05, 4.69) is 15.5 Å². The smallest absolute Gasteiger partial charge is 0.345 e. The van der Waals surface area contributed by atoms with Crippen molar-refractivity contribution in [2.24, 2.45) is 5.10 Å². The van der Waals surface area contributed by atoms with Crippen LogP contribution in [0.1, 0.15) is 26.4 Å².